The van der Waals surface area contributed by atoms with Crippen LogP contribution in [-0.2, 0) is 14.3 Å². The van der Waals surface area contributed by atoms with Crippen LogP contribution in [0.1, 0.15) is 30.1 Å². The van der Waals surface area contributed by atoms with E-state index in [0.29, 0.717) is 28.0 Å². The van der Waals surface area contributed by atoms with E-state index < -0.39 is 5.97 Å². The molecular weight excluding hydrogens is 352 g/mol. The van der Waals surface area contributed by atoms with E-state index in [9.17, 15) is 9.59 Å². The zero-order chi connectivity index (χ0) is 16.5. The van der Waals surface area contributed by atoms with Crippen molar-refractivity contribution in [3.8, 4) is 0 Å². The second kappa shape index (κ2) is 9.42. The molecule has 0 unspecified atom stereocenters. The molecule has 122 valence electrons. The minimum absolute atomic E-state index is 0.00561. The molecule has 0 aromatic heterocycles. The predicted molar refractivity (Wildman–Crippen MR) is 89.4 cm³/mol. The first-order valence-corrected chi connectivity index (χ1v) is 7.80. The average Bonchev–Trinajstić information content (AvgIpc) is 2.52. The van der Waals surface area contributed by atoms with Gasteiger partial charge in [0.2, 0.25) is 5.91 Å². The Balaban J connectivity index is 2.81. The predicted octanol–water partition coefficient (Wildman–Crippen LogP) is 3.03. The largest absolute Gasteiger partial charge is 0.465 e. The Labute approximate surface area is 138 Å². The molecule has 0 spiro atoms. The summed E-state index contributed by atoms with van der Waals surface area (Å²) in [7, 11) is 3.02. The van der Waals surface area contributed by atoms with Gasteiger partial charge in [0.25, 0.3) is 0 Å². The maximum Gasteiger partial charge on any atom is 0.337 e. The monoisotopic (exact) mass is 372 g/mol. The van der Waals surface area contributed by atoms with Gasteiger partial charge < -0.3 is 20.1 Å². The molecule has 2 N–H and O–H groups in total. The number of unbranched alkanes of at least 4 members (excludes halogenated alkanes) is 1. The number of methoxy groups -OCH3 is 1. The summed E-state index contributed by atoms with van der Waals surface area (Å²) in [6.45, 7) is 2.61. The van der Waals surface area contributed by atoms with Crippen molar-refractivity contribution in [3.05, 3.63) is 22.2 Å². The third-order valence-electron chi connectivity index (χ3n) is 2.92. The maximum atomic E-state index is 11.9. The van der Waals surface area contributed by atoms with Gasteiger partial charge in [0.1, 0.15) is 6.61 Å². The molecule has 0 fully saturated rings. The highest BCUT2D eigenvalue weighted by atomic mass is 79.9. The summed E-state index contributed by atoms with van der Waals surface area (Å²) in [6.07, 6.45) is 1.94. The van der Waals surface area contributed by atoms with Crippen LogP contribution in [0.15, 0.2) is 16.6 Å². The molecule has 0 bridgehead atoms. The van der Waals surface area contributed by atoms with E-state index in [-0.39, 0.29) is 12.5 Å². The second-order valence-corrected chi connectivity index (χ2v) is 5.43. The van der Waals surface area contributed by atoms with Crippen LogP contribution < -0.4 is 10.6 Å². The van der Waals surface area contributed by atoms with Crippen molar-refractivity contribution in [1.82, 2.24) is 0 Å². The molecule has 1 rings (SSSR count). The van der Waals surface area contributed by atoms with Crippen LogP contribution in [0.3, 0.4) is 0 Å². The van der Waals surface area contributed by atoms with Gasteiger partial charge in [0.05, 0.1) is 24.0 Å². The van der Waals surface area contributed by atoms with Crippen molar-refractivity contribution in [2.45, 2.75) is 19.8 Å². The fourth-order valence-electron chi connectivity index (χ4n) is 1.75. The summed E-state index contributed by atoms with van der Waals surface area (Å²) in [6, 6.07) is 3.21. The van der Waals surface area contributed by atoms with Crippen LogP contribution in [0, 0.1) is 0 Å². The molecule has 1 amide bonds. The minimum Gasteiger partial charge on any atom is -0.465 e. The Bertz CT molecular complexity index is 535. The molecule has 22 heavy (non-hydrogen) atoms. The summed E-state index contributed by atoms with van der Waals surface area (Å²) in [5, 5.41) is 5.71. The zero-order valence-electron chi connectivity index (χ0n) is 13.0. The lowest BCUT2D eigenvalue weighted by Gasteiger charge is -2.14. The van der Waals surface area contributed by atoms with E-state index in [4.69, 9.17) is 9.47 Å². The first-order chi connectivity index (χ1) is 10.5. The van der Waals surface area contributed by atoms with Crippen molar-refractivity contribution >= 4 is 39.2 Å². The van der Waals surface area contributed by atoms with Crippen molar-refractivity contribution in [1.29, 1.82) is 0 Å². The van der Waals surface area contributed by atoms with Gasteiger partial charge in [-0.2, -0.15) is 0 Å². The zero-order valence-corrected chi connectivity index (χ0v) is 14.6. The fraction of sp³-hybridized carbons (Fsp3) is 0.467. The fourth-order valence-corrected chi connectivity index (χ4v) is 2.31. The number of carbonyl (C=O) groups excluding carboxylic acids is 2. The third-order valence-corrected chi connectivity index (χ3v) is 3.55. The van der Waals surface area contributed by atoms with Gasteiger partial charge in [0, 0.05) is 18.1 Å². The summed E-state index contributed by atoms with van der Waals surface area (Å²) in [5.74, 6) is -0.697. The lowest BCUT2D eigenvalue weighted by Crippen LogP contribution is -2.20. The number of rotatable bonds is 8. The summed E-state index contributed by atoms with van der Waals surface area (Å²) in [4.78, 5) is 23.5. The quantitative estimate of drug-likeness (QED) is 0.541. The van der Waals surface area contributed by atoms with Crippen LogP contribution in [-0.4, -0.2) is 39.2 Å². The van der Waals surface area contributed by atoms with E-state index in [1.54, 1.807) is 19.2 Å². The second-order valence-electron chi connectivity index (χ2n) is 4.58. The number of nitrogens with one attached hydrogen (secondary N) is 2. The lowest BCUT2D eigenvalue weighted by molar-refractivity contribution is -0.120. The van der Waals surface area contributed by atoms with E-state index >= 15 is 0 Å². The summed E-state index contributed by atoms with van der Waals surface area (Å²) < 4.78 is 10.6. The van der Waals surface area contributed by atoms with Gasteiger partial charge in [-0.1, -0.05) is 13.3 Å². The number of hydrogen-bond acceptors (Lipinski definition) is 5. The topological polar surface area (TPSA) is 76.7 Å². The number of ether oxygens (including phenoxy) is 2. The number of hydrogen-bond donors (Lipinski definition) is 2. The third kappa shape index (κ3) is 5.31. The van der Waals surface area contributed by atoms with E-state index in [1.165, 1.54) is 7.11 Å². The SMILES string of the molecule is CCCCOCC(=O)Nc1c(Br)cc(C(=O)OC)cc1NC. The highest BCUT2D eigenvalue weighted by molar-refractivity contribution is 9.10. The van der Waals surface area contributed by atoms with Gasteiger partial charge in [0.15, 0.2) is 0 Å². The summed E-state index contributed by atoms with van der Waals surface area (Å²) >= 11 is 3.35. The average molecular weight is 373 g/mol. The molecule has 7 heteroatoms. The first kappa shape index (κ1) is 18.4. The molecule has 6 nitrogen and oxygen atoms in total. The molecule has 0 aliphatic carbocycles. The maximum absolute atomic E-state index is 11.9. The van der Waals surface area contributed by atoms with Gasteiger partial charge in [-0.15, -0.1) is 0 Å². The van der Waals surface area contributed by atoms with Crippen molar-refractivity contribution in [3.63, 3.8) is 0 Å². The Hall–Kier alpha value is -1.60. The van der Waals surface area contributed by atoms with Crippen LogP contribution in [0.5, 0.6) is 0 Å². The molecule has 0 saturated heterocycles. The van der Waals surface area contributed by atoms with E-state index in [2.05, 4.69) is 33.5 Å². The Morgan fingerprint density at radius 1 is 1.32 bits per heavy atom. The summed E-state index contributed by atoms with van der Waals surface area (Å²) in [5.41, 5.74) is 1.55. The number of carbonyl (C=O) groups is 2. The highest BCUT2D eigenvalue weighted by Crippen LogP contribution is 2.32. The lowest BCUT2D eigenvalue weighted by atomic mass is 10.1. The van der Waals surface area contributed by atoms with Gasteiger partial charge >= 0.3 is 5.97 Å². The van der Waals surface area contributed by atoms with Crippen molar-refractivity contribution < 1.29 is 19.1 Å². The Morgan fingerprint density at radius 2 is 2.05 bits per heavy atom. The minimum atomic E-state index is -0.446. The standard InChI is InChI=1S/C15H21BrN2O4/c1-4-5-6-22-9-13(19)18-14-11(16)7-10(15(20)21-3)8-12(14)17-2/h7-8,17H,4-6,9H2,1-3H3,(H,18,19). The molecule has 0 saturated carbocycles. The van der Waals surface area contributed by atoms with Gasteiger partial charge in [-0.3, -0.25) is 4.79 Å². The Morgan fingerprint density at radius 3 is 2.64 bits per heavy atom. The number of anilines is 2. The van der Waals surface area contributed by atoms with Gasteiger partial charge in [-0.05, 0) is 34.5 Å². The molecule has 1 aromatic carbocycles. The van der Waals surface area contributed by atoms with Crippen molar-refractivity contribution in [2.24, 2.45) is 0 Å². The normalized spacial score (nSPS) is 10.2. The van der Waals surface area contributed by atoms with Crippen LogP contribution in [0.4, 0.5) is 11.4 Å². The number of esters is 1. The van der Waals surface area contributed by atoms with Crippen LogP contribution in [0.25, 0.3) is 0 Å². The first-order valence-electron chi connectivity index (χ1n) is 7.00. The van der Waals surface area contributed by atoms with Crippen LogP contribution >= 0.6 is 15.9 Å². The number of benzene rings is 1. The Kier molecular flexibility index (Phi) is 7.90. The van der Waals surface area contributed by atoms with Crippen LogP contribution in [0.2, 0.25) is 0 Å². The van der Waals surface area contributed by atoms with Crippen molar-refractivity contribution in [2.75, 3.05) is 38.0 Å². The smallest absolute Gasteiger partial charge is 0.337 e. The molecule has 0 atom stereocenters. The molecular formula is C15H21BrN2O4. The van der Waals surface area contributed by atoms with Gasteiger partial charge in [-0.25, -0.2) is 4.79 Å². The molecule has 1 aromatic rings. The number of amides is 1. The molecule has 0 aliphatic rings. The number of halogens is 1. The highest BCUT2D eigenvalue weighted by Gasteiger charge is 2.15. The molecule has 0 aliphatic heterocycles. The van der Waals surface area contributed by atoms with E-state index in [1.807, 2.05) is 0 Å². The molecule has 0 heterocycles. The van der Waals surface area contributed by atoms with E-state index in [0.717, 1.165) is 12.8 Å². The molecule has 0 radical (unpaired) electrons.